The average molecular weight is 490 g/mol. The van der Waals surface area contributed by atoms with Crippen molar-refractivity contribution in [3.8, 4) is 5.75 Å². The number of hydrogen-bond acceptors (Lipinski definition) is 5. The van der Waals surface area contributed by atoms with Crippen LogP contribution in [-0.4, -0.2) is 46.5 Å². The zero-order chi connectivity index (χ0) is 22.6. The van der Waals surface area contributed by atoms with E-state index in [1.807, 2.05) is 24.3 Å². The molecule has 32 heavy (non-hydrogen) atoms. The summed E-state index contributed by atoms with van der Waals surface area (Å²) in [6, 6.07) is 20.4. The van der Waals surface area contributed by atoms with Crippen molar-refractivity contribution in [3.63, 3.8) is 0 Å². The number of Topliss-reactive ketones (excluding diaryl/α,β-unsaturated/α-hetero) is 3. The van der Waals surface area contributed by atoms with Crippen LogP contribution in [0, 0.1) is 5.92 Å². The molecule has 3 aromatic carbocycles. The fraction of sp³-hybridized carbons (Fsp3) is 0.192. The molecule has 0 aromatic heterocycles. The second kappa shape index (κ2) is 7.50. The molecule has 1 saturated heterocycles. The molecule has 0 radical (unpaired) electrons. The third-order valence-electron chi connectivity index (χ3n) is 6.77. The number of fused-ring (bicyclic) bond motifs is 1. The number of carbonyl (C=O) groups is 3. The summed E-state index contributed by atoms with van der Waals surface area (Å²) in [5.74, 6) is -2.13. The predicted molar refractivity (Wildman–Crippen MR) is 123 cm³/mol. The van der Waals surface area contributed by atoms with E-state index in [-0.39, 0.29) is 29.0 Å². The van der Waals surface area contributed by atoms with Crippen LogP contribution in [0.15, 0.2) is 77.3 Å². The zero-order valence-corrected chi connectivity index (χ0v) is 18.9. The first-order valence-electron chi connectivity index (χ1n) is 10.3. The monoisotopic (exact) mass is 489 g/mol. The number of hydrogen-bond donors (Lipinski definition) is 1. The molecule has 3 aromatic rings. The topological polar surface area (TPSA) is 74.7 Å². The Morgan fingerprint density at radius 2 is 1.50 bits per heavy atom. The highest BCUT2D eigenvalue weighted by atomic mass is 79.9. The van der Waals surface area contributed by atoms with Crippen LogP contribution in [0.2, 0.25) is 0 Å². The Hall–Kier alpha value is -3.09. The smallest absolute Gasteiger partial charge is 0.192 e. The van der Waals surface area contributed by atoms with E-state index < -0.39 is 11.5 Å². The summed E-state index contributed by atoms with van der Waals surface area (Å²) in [5, 5.41) is 9.68. The molecule has 1 spiro atoms. The largest absolute Gasteiger partial charge is 0.508 e. The fourth-order valence-electron chi connectivity index (χ4n) is 5.28. The Bertz CT molecular complexity index is 1210. The first-order valence-corrected chi connectivity index (χ1v) is 11.1. The summed E-state index contributed by atoms with van der Waals surface area (Å²) >= 11 is 3.44. The molecule has 2 unspecified atom stereocenters. The minimum atomic E-state index is -1.59. The number of phenolic OH excluding ortho intramolecular Hbond substituents is 1. The summed E-state index contributed by atoms with van der Waals surface area (Å²) in [5.41, 5.74) is 0.400. The maximum atomic E-state index is 13.9. The Kier molecular flexibility index (Phi) is 4.87. The SMILES string of the molecule is CN1CC(c2ccc(Br)cc2)C(C(=O)c2ccc(O)cc2)C12C(=O)c1ccccc1C2=O. The lowest BCUT2D eigenvalue weighted by molar-refractivity contribution is 0.0515. The maximum Gasteiger partial charge on any atom is 0.192 e. The highest BCUT2D eigenvalue weighted by Gasteiger charge is 2.67. The maximum absolute atomic E-state index is 13.9. The van der Waals surface area contributed by atoms with Gasteiger partial charge in [0.15, 0.2) is 22.9 Å². The lowest BCUT2D eigenvalue weighted by Crippen LogP contribution is -2.57. The molecule has 1 heterocycles. The molecule has 1 N–H and O–H groups in total. The molecular formula is C26H20BrNO4. The van der Waals surface area contributed by atoms with Crippen LogP contribution in [0.5, 0.6) is 5.75 Å². The first-order chi connectivity index (χ1) is 15.4. The molecule has 6 heteroatoms. The van der Waals surface area contributed by atoms with Gasteiger partial charge >= 0.3 is 0 Å². The Morgan fingerprint density at radius 3 is 2.06 bits per heavy atom. The van der Waals surface area contributed by atoms with Gasteiger partial charge in [-0.3, -0.25) is 19.3 Å². The van der Waals surface area contributed by atoms with Crippen molar-refractivity contribution < 1.29 is 19.5 Å². The fourth-order valence-corrected chi connectivity index (χ4v) is 5.54. The third-order valence-corrected chi connectivity index (χ3v) is 7.29. The molecule has 0 bridgehead atoms. The van der Waals surface area contributed by atoms with Gasteiger partial charge in [-0.2, -0.15) is 0 Å². The molecule has 2 aliphatic rings. The van der Waals surface area contributed by atoms with Crippen molar-refractivity contribution in [2.75, 3.05) is 13.6 Å². The number of phenols is 1. The van der Waals surface area contributed by atoms with Crippen molar-refractivity contribution in [2.45, 2.75) is 11.5 Å². The van der Waals surface area contributed by atoms with E-state index in [0.29, 0.717) is 23.2 Å². The number of aromatic hydroxyl groups is 1. The van der Waals surface area contributed by atoms with Crippen molar-refractivity contribution in [1.29, 1.82) is 0 Å². The van der Waals surface area contributed by atoms with E-state index in [1.54, 1.807) is 48.3 Å². The van der Waals surface area contributed by atoms with E-state index in [1.165, 1.54) is 12.1 Å². The molecule has 2 atom stereocenters. The van der Waals surface area contributed by atoms with Gasteiger partial charge in [-0.05, 0) is 49.0 Å². The van der Waals surface area contributed by atoms with Gasteiger partial charge in [-0.15, -0.1) is 0 Å². The van der Waals surface area contributed by atoms with E-state index in [9.17, 15) is 19.5 Å². The number of halogens is 1. The van der Waals surface area contributed by atoms with Gasteiger partial charge in [0.25, 0.3) is 0 Å². The summed E-state index contributed by atoms with van der Waals surface area (Å²) in [6.07, 6.45) is 0. The standard InChI is InChI=1S/C26H20BrNO4/c1-28-14-21(15-6-10-17(27)11-7-15)22(23(30)16-8-12-18(29)13-9-16)26(28)24(31)19-4-2-3-5-20(19)25(26)32/h2-13,21-22,29H,14H2,1H3. The Labute approximate surface area is 193 Å². The van der Waals surface area contributed by atoms with Crippen LogP contribution in [0.25, 0.3) is 0 Å². The minimum Gasteiger partial charge on any atom is -0.508 e. The van der Waals surface area contributed by atoms with Crippen molar-refractivity contribution >= 4 is 33.3 Å². The van der Waals surface area contributed by atoms with Gasteiger partial charge in [0, 0.05) is 33.6 Å². The van der Waals surface area contributed by atoms with Gasteiger partial charge in [0.2, 0.25) is 0 Å². The second-order valence-corrected chi connectivity index (χ2v) is 9.31. The number of nitrogens with zero attached hydrogens (tertiary/aromatic N) is 1. The number of likely N-dealkylation sites (N-methyl/N-ethyl adjacent to an activating group) is 1. The quantitative estimate of drug-likeness (QED) is 0.433. The lowest BCUT2D eigenvalue weighted by Gasteiger charge is -2.34. The van der Waals surface area contributed by atoms with E-state index in [2.05, 4.69) is 15.9 Å². The van der Waals surface area contributed by atoms with Gasteiger partial charge in [0.05, 0.1) is 5.92 Å². The Balaban J connectivity index is 1.71. The first kappa shape index (κ1) is 20.8. The molecular weight excluding hydrogens is 470 g/mol. The zero-order valence-electron chi connectivity index (χ0n) is 17.3. The number of ketones is 3. The van der Waals surface area contributed by atoms with Gasteiger partial charge in [-0.25, -0.2) is 0 Å². The molecule has 1 aliphatic heterocycles. The van der Waals surface area contributed by atoms with Crippen LogP contribution in [0.1, 0.15) is 42.6 Å². The van der Waals surface area contributed by atoms with Crippen LogP contribution < -0.4 is 0 Å². The van der Waals surface area contributed by atoms with Crippen LogP contribution >= 0.6 is 15.9 Å². The Morgan fingerprint density at radius 1 is 0.938 bits per heavy atom. The highest BCUT2D eigenvalue weighted by Crippen LogP contribution is 2.51. The van der Waals surface area contributed by atoms with Gasteiger partial charge in [0.1, 0.15) is 5.75 Å². The molecule has 1 aliphatic carbocycles. The van der Waals surface area contributed by atoms with Crippen LogP contribution in [0.3, 0.4) is 0 Å². The summed E-state index contributed by atoms with van der Waals surface area (Å²) < 4.78 is 0.907. The molecule has 5 rings (SSSR count). The van der Waals surface area contributed by atoms with Crippen LogP contribution in [0.4, 0.5) is 0 Å². The van der Waals surface area contributed by atoms with Crippen molar-refractivity contribution in [2.24, 2.45) is 5.92 Å². The van der Waals surface area contributed by atoms with Gasteiger partial charge < -0.3 is 5.11 Å². The number of benzene rings is 3. The molecule has 160 valence electrons. The number of likely N-dealkylation sites (tertiary alicyclic amines) is 1. The third kappa shape index (κ3) is 2.83. The second-order valence-electron chi connectivity index (χ2n) is 8.40. The van der Waals surface area contributed by atoms with Gasteiger partial charge in [-0.1, -0.05) is 52.3 Å². The summed E-state index contributed by atoms with van der Waals surface area (Å²) in [4.78, 5) is 43.3. The van der Waals surface area contributed by atoms with E-state index >= 15 is 0 Å². The van der Waals surface area contributed by atoms with Crippen molar-refractivity contribution in [3.05, 3.63) is 99.5 Å². The summed E-state index contributed by atoms with van der Waals surface area (Å²) in [7, 11) is 1.75. The molecule has 1 fully saturated rings. The van der Waals surface area contributed by atoms with Crippen LogP contribution in [-0.2, 0) is 0 Å². The number of carbonyl (C=O) groups excluding carboxylic acids is 3. The molecule has 0 saturated carbocycles. The predicted octanol–water partition coefficient (Wildman–Crippen LogP) is 4.50. The molecule has 5 nitrogen and oxygen atoms in total. The van der Waals surface area contributed by atoms with E-state index in [0.717, 1.165) is 10.0 Å². The lowest BCUT2D eigenvalue weighted by atomic mass is 9.70. The number of rotatable bonds is 3. The van der Waals surface area contributed by atoms with Crippen molar-refractivity contribution in [1.82, 2.24) is 4.90 Å². The highest BCUT2D eigenvalue weighted by molar-refractivity contribution is 9.10. The average Bonchev–Trinajstić information content (AvgIpc) is 3.23. The van der Waals surface area contributed by atoms with E-state index in [4.69, 9.17) is 0 Å². The minimum absolute atomic E-state index is 0.0460. The summed E-state index contributed by atoms with van der Waals surface area (Å²) in [6.45, 7) is 0.390. The molecule has 0 amide bonds. The normalized spacial score (nSPS) is 21.8.